The first-order chi connectivity index (χ1) is 8.29. The van der Waals surface area contributed by atoms with E-state index in [2.05, 4.69) is 17.3 Å². The van der Waals surface area contributed by atoms with Crippen molar-refractivity contribution in [2.45, 2.75) is 24.3 Å². The Morgan fingerprint density at radius 2 is 2.47 bits per heavy atom. The molecule has 3 nitrogen and oxygen atoms in total. The first kappa shape index (κ1) is 12.7. The normalized spacial score (nSPS) is 12.8. The Hall–Kier alpha value is -0.780. The molecule has 17 heavy (non-hydrogen) atoms. The minimum absolute atomic E-state index is 0.253. The predicted molar refractivity (Wildman–Crippen MR) is 72.3 cm³/mol. The molecule has 1 unspecified atom stereocenters. The first-order valence-corrected chi connectivity index (χ1v) is 7.43. The molecule has 0 fully saturated rings. The van der Waals surface area contributed by atoms with Gasteiger partial charge >= 0.3 is 0 Å². The Bertz CT molecular complexity index is 439. The molecule has 0 aliphatic heterocycles. The maximum Gasteiger partial charge on any atom is 0.162 e. The van der Waals surface area contributed by atoms with E-state index in [0.717, 1.165) is 28.6 Å². The Balaban J connectivity index is 1.91. The van der Waals surface area contributed by atoms with Gasteiger partial charge in [-0.15, -0.1) is 11.3 Å². The van der Waals surface area contributed by atoms with Gasteiger partial charge in [0.1, 0.15) is 0 Å². The smallest absolute Gasteiger partial charge is 0.162 e. The molecule has 2 aromatic rings. The van der Waals surface area contributed by atoms with Crippen molar-refractivity contribution in [3.05, 3.63) is 29.5 Å². The molecule has 2 heterocycles. The summed E-state index contributed by atoms with van der Waals surface area (Å²) in [7, 11) is 0. The zero-order chi connectivity index (χ0) is 12.1. The monoisotopic (exact) mass is 269 g/mol. The average Bonchev–Trinajstić information content (AvgIpc) is 2.97. The summed E-state index contributed by atoms with van der Waals surface area (Å²) in [5.41, 5.74) is 1.08. The Kier molecular flexibility index (Phi) is 4.65. The second kappa shape index (κ2) is 6.23. The fourth-order valence-corrected chi connectivity index (χ4v) is 3.15. The van der Waals surface area contributed by atoms with Gasteiger partial charge in [0.15, 0.2) is 10.8 Å². The van der Waals surface area contributed by atoms with Crippen LogP contribution in [0.5, 0.6) is 0 Å². The lowest BCUT2D eigenvalue weighted by Gasteiger charge is -2.07. The zero-order valence-corrected chi connectivity index (χ0v) is 11.3. The Labute approximate surface area is 109 Å². The van der Waals surface area contributed by atoms with E-state index in [-0.39, 0.29) is 6.61 Å². The summed E-state index contributed by atoms with van der Waals surface area (Å²) in [6.07, 6.45) is 2.49. The van der Waals surface area contributed by atoms with Crippen molar-refractivity contribution in [3.8, 4) is 10.8 Å². The molecule has 0 saturated heterocycles. The van der Waals surface area contributed by atoms with Crippen LogP contribution >= 0.6 is 23.1 Å². The number of rotatable bonds is 6. The van der Waals surface area contributed by atoms with Gasteiger partial charge in [-0.1, -0.05) is 6.92 Å². The lowest BCUT2D eigenvalue weighted by Crippen LogP contribution is -1.99. The predicted octanol–water partition coefficient (Wildman–Crippen LogP) is 3.41. The van der Waals surface area contributed by atoms with Gasteiger partial charge in [0.25, 0.3) is 0 Å². The van der Waals surface area contributed by atoms with Crippen molar-refractivity contribution in [3.63, 3.8) is 0 Å². The van der Waals surface area contributed by atoms with Crippen LogP contribution in [0.3, 0.4) is 0 Å². The minimum Gasteiger partial charge on any atom is -0.462 e. The van der Waals surface area contributed by atoms with E-state index in [9.17, 15) is 0 Å². The lowest BCUT2D eigenvalue weighted by molar-refractivity contribution is 0.289. The van der Waals surface area contributed by atoms with E-state index in [1.54, 1.807) is 17.6 Å². The van der Waals surface area contributed by atoms with Crippen LogP contribution < -0.4 is 0 Å². The minimum atomic E-state index is 0.253. The molecule has 2 rings (SSSR count). The first-order valence-electron chi connectivity index (χ1n) is 5.50. The molecule has 1 N–H and O–H groups in total. The maximum atomic E-state index is 8.82. The van der Waals surface area contributed by atoms with Crippen molar-refractivity contribution < 1.29 is 9.52 Å². The fraction of sp³-hybridized carbons (Fsp3) is 0.417. The SMILES string of the molecule is CC(CCO)SCc1csc(-c2ccco2)n1. The Morgan fingerprint density at radius 3 is 3.18 bits per heavy atom. The molecule has 0 aliphatic carbocycles. The van der Waals surface area contributed by atoms with Crippen LogP contribution in [-0.4, -0.2) is 21.9 Å². The number of hydrogen-bond donors (Lipinski definition) is 1. The van der Waals surface area contributed by atoms with Crippen LogP contribution in [0.4, 0.5) is 0 Å². The van der Waals surface area contributed by atoms with Crippen molar-refractivity contribution in [2.75, 3.05) is 6.61 Å². The van der Waals surface area contributed by atoms with Gasteiger partial charge in [0.2, 0.25) is 0 Å². The summed E-state index contributed by atoms with van der Waals surface area (Å²) in [4.78, 5) is 4.53. The second-order valence-electron chi connectivity index (χ2n) is 3.76. The zero-order valence-electron chi connectivity index (χ0n) is 9.63. The second-order valence-corrected chi connectivity index (χ2v) is 6.04. The van der Waals surface area contributed by atoms with Crippen LogP contribution in [0.2, 0.25) is 0 Å². The van der Waals surface area contributed by atoms with Crippen molar-refractivity contribution >= 4 is 23.1 Å². The molecule has 0 spiro atoms. The van der Waals surface area contributed by atoms with Crippen molar-refractivity contribution in [1.82, 2.24) is 4.98 Å². The van der Waals surface area contributed by atoms with Gasteiger partial charge in [0.05, 0.1) is 12.0 Å². The Morgan fingerprint density at radius 1 is 1.59 bits per heavy atom. The summed E-state index contributed by atoms with van der Waals surface area (Å²) < 4.78 is 5.31. The van der Waals surface area contributed by atoms with Crippen LogP contribution in [0.15, 0.2) is 28.2 Å². The highest BCUT2D eigenvalue weighted by Crippen LogP contribution is 2.27. The highest BCUT2D eigenvalue weighted by molar-refractivity contribution is 7.99. The molecule has 0 radical (unpaired) electrons. The number of aromatic nitrogens is 1. The fourth-order valence-electron chi connectivity index (χ4n) is 1.38. The summed E-state index contributed by atoms with van der Waals surface area (Å²) in [5, 5.41) is 12.3. The number of nitrogens with zero attached hydrogens (tertiary/aromatic N) is 1. The summed E-state index contributed by atoms with van der Waals surface area (Å²) in [5.74, 6) is 1.72. The van der Waals surface area contributed by atoms with Gasteiger partial charge in [-0.05, 0) is 18.6 Å². The molecule has 0 aliphatic rings. The average molecular weight is 269 g/mol. The third kappa shape index (κ3) is 3.59. The largest absolute Gasteiger partial charge is 0.462 e. The topological polar surface area (TPSA) is 46.3 Å². The van der Waals surface area contributed by atoms with E-state index in [1.165, 1.54) is 0 Å². The molecule has 5 heteroatoms. The van der Waals surface area contributed by atoms with Gasteiger partial charge in [-0.2, -0.15) is 11.8 Å². The lowest BCUT2D eigenvalue weighted by atomic mass is 10.3. The van der Waals surface area contributed by atoms with Crippen LogP contribution in [0, 0.1) is 0 Å². The number of thiazole rings is 1. The van der Waals surface area contributed by atoms with Crippen molar-refractivity contribution in [1.29, 1.82) is 0 Å². The molecular formula is C12H15NO2S2. The molecule has 0 bridgehead atoms. The quantitative estimate of drug-likeness (QED) is 0.873. The van der Waals surface area contributed by atoms with Gasteiger partial charge in [-0.3, -0.25) is 0 Å². The standard InChI is InChI=1S/C12H15NO2S2/c1-9(4-5-14)16-7-10-8-17-12(13-10)11-3-2-6-15-11/h2-3,6,8-9,14H,4-5,7H2,1H3. The van der Waals surface area contributed by atoms with E-state index < -0.39 is 0 Å². The van der Waals surface area contributed by atoms with E-state index in [0.29, 0.717) is 5.25 Å². The van der Waals surface area contributed by atoms with Crippen LogP contribution in [-0.2, 0) is 5.75 Å². The molecular weight excluding hydrogens is 254 g/mol. The summed E-state index contributed by atoms with van der Waals surface area (Å²) in [6, 6.07) is 3.79. The van der Waals surface area contributed by atoms with E-state index in [1.807, 2.05) is 23.9 Å². The number of furan rings is 1. The van der Waals surface area contributed by atoms with E-state index >= 15 is 0 Å². The maximum absolute atomic E-state index is 8.82. The van der Waals surface area contributed by atoms with Gasteiger partial charge in [0, 0.05) is 23.0 Å². The van der Waals surface area contributed by atoms with Crippen molar-refractivity contribution in [2.24, 2.45) is 0 Å². The molecule has 1 atom stereocenters. The number of aliphatic hydroxyl groups excluding tert-OH is 1. The molecule has 0 saturated carbocycles. The molecule has 92 valence electrons. The van der Waals surface area contributed by atoms with Gasteiger partial charge < -0.3 is 9.52 Å². The van der Waals surface area contributed by atoms with Gasteiger partial charge in [-0.25, -0.2) is 4.98 Å². The summed E-state index contributed by atoms with van der Waals surface area (Å²) >= 11 is 3.42. The van der Waals surface area contributed by atoms with Crippen LogP contribution in [0.1, 0.15) is 19.0 Å². The van der Waals surface area contributed by atoms with E-state index in [4.69, 9.17) is 9.52 Å². The van der Waals surface area contributed by atoms with Crippen LogP contribution in [0.25, 0.3) is 10.8 Å². The number of thioether (sulfide) groups is 1. The number of aliphatic hydroxyl groups is 1. The molecule has 0 amide bonds. The highest BCUT2D eigenvalue weighted by atomic mass is 32.2. The highest BCUT2D eigenvalue weighted by Gasteiger charge is 2.08. The number of hydrogen-bond acceptors (Lipinski definition) is 5. The molecule has 2 aromatic heterocycles. The third-order valence-corrected chi connectivity index (χ3v) is 4.51. The third-order valence-electron chi connectivity index (χ3n) is 2.34. The molecule has 0 aromatic carbocycles. The summed E-state index contributed by atoms with van der Waals surface area (Å²) in [6.45, 7) is 2.38.